The van der Waals surface area contributed by atoms with Crippen molar-refractivity contribution >= 4 is 11.8 Å². The number of halogens is 14. The van der Waals surface area contributed by atoms with Gasteiger partial charge in [0.2, 0.25) is 0 Å². The Bertz CT molecular complexity index is 567. The van der Waals surface area contributed by atoms with Gasteiger partial charge in [-0.1, -0.05) is 0 Å². The second kappa shape index (κ2) is 10.7. The van der Waals surface area contributed by atoms with Gasteiger partial charge in [-0.2, -0.15) is 64.4 Å². The van der Waals surface area contributed by atoms with E-state index in [1.54, 1.807) is 21.1 Å². The van der Waals surface area contributed by atoms with Crippen LogP contribution in [0.25, 0.3) is 0 Å². The molecule has 0 aromatic heterocycles. The Hall–Kier alpha value is -0.710. The standard InChI is InChI=1S/C17H24F14NOS/c1-32(2,3)8-11(33)9-34-5-4-10(6-12(18,14(20,21)22)15(23,24)25)7-13(19,16(26,27)28)17(29,30)31/h10-11,33H,4-9H2,1-3H3/q+1. The Morgan fingerprint density at radius 2 is 0.971 bits per heavy atom. The first-order valence-corrected chi connectivity index (χ1v) is 10.5. The van der Waals surface area contributed by atoms with Gasteiger partial charge < -0.3 is 9.59 Å². The molecule has 0 spiro atoms. The fourth-order valence-electron chi connectivity index (χ4n) is 3.01. The van der Waals surface area contributed by atoms with Crippen molar-refractivity contribution in [3.63, 3.8) is 0 Å². The quantitative estimate of drug-likeness (QED) is 0.185. The van der Waals surface area contributed by atoms with Gasteiger partial charge in [-0.05, 0) is 18.1 Å². The third kappa shape index (κ3) is 8.75. The molecule has 0 radical (unpaired) electrons. The molecule has 0 rings (SSSR count). The zero-order chi connectivity index (χ0) is 27.6. The van der Waals surface area contributed by atoms with E-state index in [9.17, 15) is 66.6 Å². The van der Waals surface area contributed by atoms with Crippen molar-refractivity contribution in [2.45, 2.75) is 61.4 Å². The lowest BCUT2D eigenvalue weighted by atomic mass is 9.81. The second-order valence-electron chi connectivity index (χ2n) is 8.86. The van der Waals surface area contributed by atoms with Gasteiger partial charge in [0.1, 0.15) is 12.6 Å². The van der Waals surface area contributed by atoms with Crippen molar-refractivity contribution in [2.24, 2.45) is 5.92 Å². The van der Waals surface area contributed by atoms with Crippen LogP contribution in [0.1, 0.15) is 19.3 Å². The Labute approximate surface area is 190 Å². The molecule has 0 amide bonds. The summed E-state index contributed by atoms with van der Waals surface area (Å²) in [5.74, 6) is -3.87. The summed E-state index contributed by atoms with van der Waals surface area (Å²) in [7, 11) is 4.94. The largest absolute Gasteiger partial charge is 0.431 e. The maximum Gasteiger partial charge on any atom is 0.431 e. The smallest absolute Gasteiger partial charge is 0.386 e. The molecule has 0 bridgehead atoms. The lowest BCUT2D eigenvalue weighted by Crippen LogP contribution is -2.57. The van der Waals surface area contributed by atoms with Gasteiger partial charge in [0, 0.05) is 18.6 Å². The highest BCUT2D eigenvalue weighted by Gasteiger charge is 2.75. The molecule has 17 heteroatoms. The molecule has 1 N–H and O–H groups in total. The lowest BCUT2D eigenvalue weighted by Gasteiger charge is -2.37. The van der Waals surface area contributed by atoms with Crippen LogP contribution in [0.3, 0.4) is 0 Å². The zero-order valence-corrected chi connectivity index (χ0v) is 18.8. The molecule has 0 aromatic carbocycles. The molecule has 1 unspecified atom stereocenters. The highest BCUT2D eigenvalue weighted by atomic mass is 32.2. The van der Waals surface area contributed by atoms with Crippen molar-refractivity contribution in [2.75, 3.05) is 39.2 Å². The minimum Gasteiger partial charge on any atom is -0.386 e. The summed E-state index contributed by atoms with van der Waals surface area (Å²) in [5.41, 5.74) is -12.3. The first-order chi connectivity index (χ1) is 14.7. The van der Waals surface area contributed by atoms with Crippen LogP contribution in [0, 0.1) is 5.92 Å². The average Bonchev–Trinajstić information content (AvgIpc) is 2.52. The molecule has 0 aliphatic heterocycles. The summed E-state index contributed by atoms with van der Waals surface area (Å²) in [6, 6.07) is 0. The second-order valence-corrected chi connectivity index (χ2v) is 10.0. The lowest BCUT2D eigenvalue weighted by molar-refractivity contribution is -0.873. The summed E-state index contributed by atoms with van der Waals surface area (Å²) < 4.78 is 182. The third-order valence-corrected chi connectivity index (χ3v) is 5.82. The number of nitrogens with zero attached hydrogens (tertiary/aromatic N) is 1. The van der Waals surface area contributed by atoms with E-state index in [-0.39, 0.29) is 16.8 Å². The number of quaternary nitrogens is 1. The SMILES string of the molecule is C[N+](C)(C)CC(O)CSCCC(CC(F)(C(F)(F)F)C(F)(F)F)CC(F)(C(F)(F)F)C(F)(F)F. The maximum absolute atomic E-state index is 14.1. The Balaban J connectivity index is 5.91. The molecule has 0 aliphatic carbocycles. The molecular formula is C17H24F14NOS+. The first-order valence-electron chi connectivity index (χ1n) is 9.39. The Morgan fingerprint density at radius 1 is 0.647 bits per heavy atom. The molecule has 34 heavy (non-hydrogen) atoms. The van der Waals surface area contributed by atoms with Gasteiger partial charge in [-0.15, -0.1) is 0 Å². The molecule has 0 aromatic rings. The van der Waals surface area contributed by atoms with E-state index in [4.69, 9.17) is 0 Å². The number of likely N-dealkylation sites (N-methyl/N-ethyl adjacent to an activating group) is 1. The van der Waals surface area contributed by atoms with Crippen LogP contribution in [-0.4, -0.2) is 90.9 Å². The number of aliphatic hydroxyl groups is 1. The highest BCUT2D eigenvalue weighted by Crippen LogP contribution is 2.54. The van der Waals surface area contributed by atoms with Gasteiger partial charge in [0.25, 0.3) is 11.3 Å². The van der Waals surface area contributed by atoms with Crippen molar-refractivity contribution in [3.05, 3.63) is 0 Å². The summed E-state index contributed by atoms with van der Waals surface area (Å²) in [6.45, 7) is 0.0991. The van der Waals surface area contributed by atoms with Crippen LogP contribution in [0.4, 0.5) is 61.5 Å². The van der Waals surface area contributed by atoms with Gasteiger partial charge in [0.15, 0.2) is 0 Å². The fourth-order valence-corrected chi connectivity index (χ4v) is 4.05. The molecule has 2 nitrogen and oxygen atoms in total. The van der Waals surface area contributed by atoms with E-state index in [2.05, 4.69) is 0 Å². The van der Waals surface area contributed by atoms with Crippen LogP contribution in [0.2, 0.25) is 0 Å². The first kappa shape index (κ1) is 33.3. The van der Waals surface area contributed by atoms with Crippen molar-refractivity contribution in [1.82, 2.24) is 0 Å². The van der Waals surface area contributed by atoms with Crippen LogP contribution >= 0.6 is 11.8 Å². The summed E-state index contributed by atoms with van der Waals surface area (Å²) in [5, 5.41) is 9.80. The normalized spacial score (nSPS) is 16.3. The average molecular weight is 556 g/mol. The van der Waals surface area contributed by atoms with E-state index in [1.807, 2.05) is 0 Å². The predicted octanol–water partition coefficient (Wildman–Crippen LogP) is 6.24. The Morgan fingerprint density at radius 3 is 1.24 bits per heavy atom. The molecule has 0 heterocycles. The van der Waals surface area contributed by atoms with Crippen molar-refractivity contribution in [1.29, 1.82) is 0 Å². The topological polar surface area (TPSA) is 20.2 Å². The van der Waals surface area contributed by atoms with E-state index >= 15 is 0 Å². The number of rotatable bonds is 11. The van der Waals surface area contributed by atoms with E-state index < -0.39 is 73.1 Å². The van der Waals surface area contributed by atoms with Crippen molar-refractivity contribution < 1.29 is 71.1 Å². The highest BCUT2D eigenvalue weighted by molar-refractivity contribution is 7.99. The molecule has 1 atom stereocenters. The third-order valence-electron chi connectivity index (χ3n) is 4.68. The molecule has 0 aliphatic rings. The Kier molecular flexibility index (Phi) is 10.5. The van der Waals surface area contributed by atoms with E-state index in [1.165, 1.54) is 0 Å². The zero-order valence-electron chi connectivity index (χ0n) is 18.0. The minimum atomic E-state index is -6.74. The summed E-state index contributed by atoms with van der Waals surface area (Å²) in [4.78, 5) is 0. The van der Waals surface area contributed by atoms with E-state index in [0.717, 1.165) is 0 Å². The number of hydrogen-bond acceptors (Lipinski definition) is 2. The summed E-state index contributed by atoms with van der Waals surface area (Å²) >= 11 is 0.582. The predicted molar refractivity (Wildman–Crippen MR) is 95.5 cm³/mol. The number of hydrogen-bond donors (Lipinski definition) is 1. The van der Waals surface area contributed by atoms with Gasteiger partial charge in [0.05, 0.1) is 21.1 Å². The van der Waals surface area contributed by atoms with Crippen LogP contribution in [0.5, 0.6) is 0 Å². The number of aliphatic hydroxyl groups excluding tert-OH is 1. The number of thioether (sulfide) groups is 1. The van der Waals surface area contributed by atoms with Crippen molar-refractivity contribution in [3.8, 4) is 0 Å². The van der Waals surface area contributed by atoms with Crippen LogP contribution in [0.15, 0.2) is 0 Å². The monoisotopic (exact) mass is 556 g/mol. The molecular weight excluding hydrogens is 532 g/mol. The molecule has 0 saturated heterocycles. The maximum atomic E-state index is 14.1. The van der Waals surface area contributed by atoms with Crippen LogP contribution in [-0.2, 0) is 0 Å². The molecule has 0 fully saturated rings. The fraction of sp³-hybridized carbons (Fsp3) is 1.00. The minimum absolute atomic E-state index is 0.0991. The van der Waals surface area contributed by atoms with Gasteiger partial charge in [-0.25, -0.2) is 8.78 Å². The van der Waals surface area contributed by atoms with E-state index in [0.29, 0.717) is 11.8 Å². The molecule has 0 saturated carbocycles. The molecule has 206 valence electrons. The number of alkyl halides is 14. The van der Waals surface area contributed by atoms with Gasteiger partial charge >= 0.3 is 24.7 Å². The van der Waals surface area contributed by atoms with Gasteiger partial charge in [-0.3, -0.25) is 0 Å². The van der Waals surface area contributed by atoms with Crippen LogP contribution < -0.4 is 0 Å². The summed E-state index contributed by atoms with van der Waals surface area (Å²) in [6.07, 6.45) is -35.1.